The highest BCUT2D eigenvalue weighted by atomic mass is 16.5. The SMILES string of the molecule is CCNC(=NCCCCN1CCCCC1C)N(C)CC1CCOC1. The van der Waals surface area contributed by atoms with E-state index in [4.69, 9.17) is 9.73 Å². The number of aliphatic imine (C=N–C) groups is 1. The molecule has 2 rings (SSSR count). The highest BCUT2D eigenvalue weighted by Crippen LogP contribution is 2.16. The highest BCUT2D eigenvalue weighted by Gasteiger charge is 2.19. The van der Waals surface area contributed by atoms with Crippen LogP contribution in [0.2, 0.25) is 0 Å². The first-order chi connectivity index (χ1) is 11.7. The largest absolute Gasteiger partial charge is 0.381 e. The van der Waals surface area contributed by atoms with Crippen LogP contribution in [-0.4, -0.2) is 74.8 Å². The molecule has 0 aromatic heterocycles. The van der Waals surface area contributed by atoms with Crippen LogP contribution in [0.1, 0.15) is 52.4 Å². The van der Waals surface area contributed by atoms with Gasteiger partial charge in [0.25, 0.3) is 0 Å². The Morgan fingerprint density at radius 1 is 1.29 bits per heavy atom. The first-order valence-electron chi connectivity index (χ1n) is 10.0. The van der Waals surface area contributed by atoms with Gasteiger partial charge in [-0.05, 0) is 59.0 Å². The molecule has 0 aliphatic carbocycles. The minimum absolute atomic E-state index is 0.652. The Kier molecular flexibility index (Phi) is 8.89. The zero-order valence-electron chi connectivity index (χ0n) is 16.1. The van der Waals surface area contributed by atoms with Crippen LogP contribution in [0.15, 0.2) is 4.99 Å². The Morgan fingerprint density at radius 2 is 2.17 bits per heavy atom. The van der Waals surface area contributed by atoms with Crippen LogP contribution in [0, 0.1) is 5.92 Å². The Balaban J connectivity index is 1.67. The van der Waals surface area contributed by atoms with Crippen LogP contribution in [0.3, 0.4) is 0 Å². The molecular formula is C19H38N4O. The standard InChI is InChI=1S/C19H38N4O/c1-4-20-19(22(3)15-18-10-14-24-16-18)21-11-6-8-13-23-12-7-5-9-17(23)2/h17-18H,4-16H2,1-3H3,(H,20,21). The van der Waals surface area contributed by atoms with E-state index >= 15 is 0 Å². The average Bonchev–Trinajstić information content (AvgIpc) is 3.08. The zero-order chi connectivity index (χ0) is 17.2. The topological polar surface area (TPSA) is 40.1 Å². The third-order valence-electron chi connectivity index (χ3n) is 5.31. The van der Waals surface area contributed by atoms with Gasteiger partial charge in [-0.25, -0.2) is 0 Å². The van der Waals surface area contributed by atoms with Gasteiger partial charge in [0, 0.05) is 45.2 Å². The van der Waals surface area contributed by atoms with Crippen LogP contribution >= 0.6 is 0 Å². The number of unbranched alkanes of at least 4 members (excludes halogenated alkanes) is 1. The summed E-state index contributed by atoms with van der Waals surface area (Å²) in [7, 11) is 2.15. The van der Waals surface area contributed by atoms with Gasteiger partial charge in [0.15, 0.2) is 5.96 Å². The summed E-state index contributed by atoms with van der Waals surface area (Å²) < 4.78 is 5.49. The van der Waals surface area contributed by atoms with Crippen molar-refractivity contribution in [3.63, 3.8) is 0 Å². The van der Waals surface area contributed by atoms with Gasteiger partial charge in [0.1, 0.15) is 0 Å². The Bertz CT molecular complexity index is 368. The average molecular weight is 339 g/mol. The van der Waals surface area contributed by atoms with Gasteiger partial charge in [0.05, 0.1) is 6.61 Å². The Hall–Kier alpha value is -0.810. The van der Waals surface area contributed by atoms with Crippen molar-refractivity contribution >= 4 is 5.96 Å². The second kappa shape index (κ2) is 10.9. The van der Waals surface area contributed by atoms with Crippen LogP contribution in [0.25, 0.3) is 0 Å². The number of nitrogens with one attached hydrogen (secondary N) is 1. The number of rotatable bonds is 8. The maximum atomic E-state index is 5.49. The molecule has 0 aromatic rings. The summed E-state index contributed by atoms with van der Waals surface area (Å²) in [5.41, 5.74) is 0. The molecule has 0 radical (unpaired) electrons. The molecule has 2 aliphatic heterocycles. The van der Waals surface area contributed by atoms with Crippen molar-refractivity contribution in [2.45, 2.75) is 58.4 Å². The molecule has 0 aromatic carbocycles. The van der Waals surface area contributed by atoms with Crippen molar-refractivity contribution in [2.24, 2.45) is 10.9 Å². The van der Waals surface area contributed by atoms with Crippen LogP contribution in [0.5, 0.6) is 0 Å². The minimum atomic E-state index is 0.652. The van der Waals surface area contributed by atoms with E-state index in [2.05, 4.69) is 36.0 Å². The molecule has 1 N–H and O–H groups in total. The number of hydrogen-bond acceptors (Lipinski definition) is 3. The first kappa shape index (κ1) is 19.5. The lowest BCUT2D eigenvalue weighted by molar-refractivity contribution is 0.158. The predicted octanol–water partition coefficient (Wildman–Crippen LogP) is 2.57. The number of hydrogen-bond donors (Lipinski definition) is 1. The summed E-state index contributed by atoms with van der Waals surface area (Å²) in [6.07, 6.45) is 7.77. The molecule has 2 heterocycles. The Morgan fingerprint density at radius 3 is 2.88 bits per heavy atom. The van der Waals surface area contributed by atoms with Crippen molar-refractivity contribution in [1.29, 1.82) is 0 Å². The second-order valence-corrected chi connectivity index (χ2v) is 7.43. The summed E-state index contributed by atoms with van der Waals surface area (Å²) in [5, 5.41) is 3.43. The maximum Gasteiger partial charge on any atom is 0.193 e. The third-order valence-corrected chi connectivity index (χ3v) is 5.31. The molecule has 5 nitrogen and oxygen atoms in total. The highest BCUT2D eigenvalue weighted by molar-refractivity contribution is 5.79. The second-order valence-electron chi connectivity index (χ2n) is 7.43. The summed E-state index contributed by atoms with van der Waals surface area (Å²) in [4.78, 5) is 9.76. The molecule has 0 amide bonds. The molecule has 2 unspecified atom stereocenters. The van der Waals surface area contributed by atoms with Crippen molar-refractivity contribution in [3.8, 4) is 0 Å². The van der Waals surface area contributed by atoms with Gasteiger partial charge >= 0.3 is 0 Å². The molecule has 2 saturated heterocycles. The number of nitrogens with zero attached hydrogens (tertiary/aromatic N) is 3. The van der Waals surface area contributed by atoms with E-state index in [0.29, 0.717) is 5.92 Å². The maximum absolute atomic E-state index is 5.49. The fourth-order valence-electron chi connectivity index (χ4n) is 3.77. The van der Waals surface area contributed by atoms with Crippen LogP contribution < -0.4 is 5.32 Å². The van der Waals surface area contributed by atoms with E-state index in [9.17, 15) is 0 Å². The molecule has 2 fully saturated rings. The van der Waals surface area contributed by atoms with E-state index in [1.807, 2.05) is 0 Å². The zero-order valence-corrected chi connectivity index (χ0v) is 16.1. The fourth-order valence-corrected chi connectivity index (χ4v) is 3.77. The summed E-state index contributed by atoms with van der Waals surface area (Å²) in [6, 6.07) is 0.777. The van der Waals surface area contributed by atoms with E-state index in [0.717, 1.165) is 44.8 Å². The van der Waals surface area contributed by atoms with Gasteiger partial charge in [-0.2, -0.15) is 0 Å². The molecule has 0 saturated carbocycles. The molecule has 24 heavy (non-hydrogen) atoms. The van der Waals surface area contributed by atoms with Crippen molar-refractivity contribution < 1.29 is 4.74 Å². The summed E-state index contributed by atoms with van der Waals surface area (Å²) in [5.74, 6) is 1.70. The predicted molar refractivity (Wildman–Crippen MR) is 102 cm³/mol. The molecule has 0 spiro atoms. The molecule has 140 valence electrons. The Labute approximate surface area is 148 Å². The quantitative estimate of drug-likeness (QED) is 0.419. The van der Waals surface area contributed by atoms with Crippen LogP contribution in [0.4, 0.5) is 0 Å². The van der Waals surface area contributed by atoms with Gasteiger partial charge < -0.3 is 19.9 Å². The van der Waals surface area contributed by atoms with E-state index in [1.54, 1.807) is 0 Å². The molecule has 2 atom stereocenters. The molecule has 5 heteroatoms. The number of guanidine groups is 1. The van der Waals surface area contributed by atoms with E-state index in [1.165, 1.54) is 51.6 Å². The molecule has 2 aliphatic rings. The lowest BCUT2D eigenvalue weighted by atomic mass is 10.0. The fraction of sp³-hybridized carbons (Fsp3) is 0.947. The van der Waals surface area contributed by atoms with Crippen molar-refractivity contribution in [3.05, 3.63) is 0 Å². The number of likely N-dealkylation sites (tertiary alicyclic amines) is 1. The lowest BCUT2D eigenvalue weighted by Gasteiger charge is -2.33. The normalized spacial score (nSPS) is 25.9. The third kappa shape index (κ3) is 6.60. The number of ether oxygens (including phenoxy) is 1. The summed E-state index contributed by atoms with van der Waals surface area (Å²) in [6.45, 7) is 11.8. The lowest BCUT2D eigenvalue weighted by Crippen LogP contribution is -2.41. The smallest absolute Gasteiger partial charge is 0.193 e. The molecule has 0 bridgehead atoms. The van der Waals surface area contributed by atoms with Gasteiger partial charge in [0.2, 0.25) is 0 Å². The molecular weight excluding hydrogens is 300 g/mol. The van der Waals surface area contributed by atoms with Crippen molar-refractivity contribution in [2.75, 3.05) is 53.0 Å². The summed E-state index contributed by atoms with van der Waals surface area (Å²) >= 11 is 0. The van der Waals surface area contributed by atoms with Gasteiger partial charge in [-0.3, -0.25) is 4.99 Å². The van der Waals surface area contributed by atoms with Crippen molar-refractivity contribution in [1.82, 2.24) is 15.1 Å². The van der Waals surface area contributed by atoms with Gasteiger partial charge in [-0.15, -0.1) is 0 Å². The van der Waals surface area contributed by atoms with E-state index < -0.39 is 0 Å². The monoisotopic (exact) mass is 338 g/mol. The van der Waals surface area contributed by atoms with E-state index in [-0.39, 0.29) is 0 Å². The minimum Gasteiger partial charge on any atom is -0.381 e. The number of piperidine rings is 1. The first-order valence-corrected chi connectivity index (χ1v) is 10.0. The van der Waals surface area contributed by atoms with Gasteiger partial charge in [-0.1, -0.05) is 6.42 Å². The van der Waals surface area contributed by atoms with Crippen LogP contribution in [-0.2, 0) is 4.74 Å².